The van der Waals surface area contributed by atoms with Crippen LogP contribution in [0.5, 0.6) is 11.5 Å². The third-order valence-corrected chi connectivity index (χ3v) is 2.82. The Labute approximate surface area is 96.0 Å². The molecule has 1 atom stereocenters. The molecule has 1 heterocycles. The molecule has 2 rings (SSSR count). The van der Waals surface area contributed by atoms with Gasteiger partial charge in [0, 0.05) is 6.61 Å². The van der Waals surface area contributed by atoms with Crippen molar-refractivity contribution in [2.24, 2.45) is 0 Å². The molecule has 0 saturated carbocycles. The van der Waals surface area contributed by atoms with Gasteiger partial charge in [0.15, 0.2) is 11.5 Å². The lowest BCUT2D eigenvalue weighted by Crippen LogP contribution is -2.07. The molecule has 1 aliphatic heterocycles. The second-order valence-corrected chi connectivity index (χ2v) is 4.09. The average Bonchev–Trinajstić information content (AvgIpc) is 2.79. The summed E-state index contributed by atoms with van der Waals surface area (Å²) in [4.78, 5) is 0. The molecule has 0 amide bonds. The average molecular weight is 222 g/mol. The Morgan fingerprint density at radius 3 is 3.00 bits per heavy atom. The minimum absolute atomic E-state index is 0.208. The molecule has 88 valence electrons. The number of para-hydroxylation sites is 2. The van der Waals surface area contributed by atoms with Crippen LogP contribution in [0.25, 0.3) is 0 Å². The quantitative estimate of drug-likeness (QED) is 0.778. The van der Waals surface area contributed by atoms with Gasteiger partial charge in [-0.1, -0.05) is 12.1 Å². The fourth-order valence-electron chi connectivity index (χ4n) is 1.94. The molecular formula is C13H18O3. The van der Waals surface area contributed by atoms with Gasteiger partial charge in [-0.15, -0.1) is 0 Å². The summed E-state index contributed by atoms with van der Waals surface area (Å²) in [6.07, 6.45) is 4.81. The van der Waals surface area contributed by atoms with Crippen LogP contribution in [0.15, 0.2) is 24.3 Å². The summed E-state index contributed by atoms with van der Waals surface area (Å²) in [6.45, 7) is 1.54. The molecule has 1 N–H and O–H groups in total. The van der Waals surface area contributed by atoms with Crippen LogP contribution in [0.4, 0.5) is 0 Å². The molecule has 1 unspecified atom stereocenters. The van der Waals surface area contributed by atoms with Crippen molar-refractivity contribution < 1.29 is 14.6 Å². The van der Waals surface area contributed by atoms with Crippen LogP contribution >= 0.6 is 0 Å². The summed E-state index contributed by atoms with van der Waals surface area (Å²) >= 11 is 0. The van der Waals surface area contributed by atoms with E-state index >= 15 is 0 Å². The van der Waals surface area contributed by atoms with Crippen molar-refractivity contribution in [3.05, 3.63) is 24.3 Å². The third kappa shape index (κ3) is 3.14. The highest BCUT2D eigenvalue weighted by Crippen LogP contribution is 2.24. The van der Waals surface area contributed by atoms with Crippen molar-refractivity contribution >= 4 is 0 Å². The zero-order chi connectivity index (χ0) is 11.2. The molecule has 3 heteroatoms. The highest BCUT2D eigenvalue weighted by molar-refractivity contribution is 5.37. The van der Waals surface area contributed by atoms with Gasteiger partial charge in [-0.25, -0.2) is 0 Å². The van der Waals surface area contributed by atoms with Gasteiger partial charge in [0.05, 0.1) is 12.7 Å². The van der Waals surface area contributed by atoms with Gasteiger partial charge in [-0.3, -0.25) is 0 Å². The molecule has 16 heavy (non-hydrogen) atoms. The monoisotopic (exact) mass is 222 g/mol. The number of hydrogen-bond acceptors (Lipinski definition) is 3. The first-order chi connectivity index (χ1) is 7.86. The number of benzene rings is 1. The second kappa shape index (κ2) is 5.75. The van der Waals surface area contributed by atoms with E-state index in [-0.39, 0.29) is 5.75 Å². The number of rotatable bonds is 5. The van der Waals surface area contributed by atoms with Crippen LogP contribution in [0, 0.1) is 0 Å². The molecule has 0 radical (unpaired) electrons. The van der Waals surface area contributed by atoms with Gasteiger partial charge in [0.1, 0.15) is 0 Å². The summed E-state index contributed by atoms with van der Waals surface area (Å²) in [6, 6.07) is 7.06. The van der Waals surface area contributed by atoms with E-state index in [1.165, 1.54) is 12.8 Å². The molecule has 0 spiro atoms. The zero-order valence-corrected chi connectivity index (χ0v) is 9.39. The Hall–Kier alpha value is -1.22. The van der Waals surface area contributed by atoms with Gasteiger partial charge >= 0.3 is 0 Å². The van der Waals surface area contributed by atoms with E-state index in [1.54, 1.807) is 18.2 Å². The lowest BCUT2D eigenvalue weighted by molar-refractivity contribution is 0.0980. The normalized spacial score (nSPS) is 19.9. The first-order valence-electron chi connectivity index (χ1n) is 5.88. The van der Waals surface area contributed by atoms with Crippen LogP contribution in [-0.4, -0.2) is 24.4 Å². The van der Waals surface area contributed by atoms with E-state index < -0.39 is 0 Å². The fourth-order valence-corrected chi connectivity index (χ4v) is 1.94. The lowest BCUT2D eigenvalue weighted by atomic mass is 10.1. The Bertz CT molecular complexity index is 319. The number of phenolic OH excluding ortho intramolecular Hbond substituents is 1. The maximum atomic E-state index is 9.47. The summed E-state index contributed by atoms with van der Waals surface area (Å²) < 4.78 is 11.0. The number of hydrogen-bond donors (Lipinski definition) is 1. The first-order valence-corrected chi connectivity index (χ1v) is 5.88. The molecule has 0 aromatic heterocycles. The van der Waals surface area contributed by atoms with Gasteiger partial charge in [0.25, 0.3) is 0 Å². The van der Waals surface area contributed by atoms with Crippen molar-refractivity contribution in [2.75, 3.05) is 13.2 Å². The molecule has 3 nitrogen and oxygen atoms in total. The Balaban J connectivity index is 1.66. The van der Waals surface area contributed by atoms with Crippen LogP contribution in [0.2, 0.25) is 0 Å². The standard InChI is InChI=1S/C13H18O3/c14-12-7-1-2-8-13(12)16-10-4-6-11-5-3-9-15-11/h1-2,7-8,11,14H,3-6,9-10H2. The summed E-state index contributed by atoms with van der Waals surface area (Å²) in [5.41, 5.74) is 0. The van der Waals surface area contributed by atoms with Crippen LogP contribution in [-0.2, 0) is 4.74 Å². The largest absolute Gasteiger partial charge is 0.504 e. The Morgan fingerprint density at radius 1 is 1.38 bits per heavy atom. The molecule has 1 aromatic carbocycles. The first kappa shape index (κ1) is 11.3. The van der Waals surface area contributed by atoms with Gasteiger partial charge in [0.2, 0.25) is 0 Å². The SMILES string of the molecule is Oc1ccccc1OCCCC1CCCO1. The summed E-state index contributed by atoms with van der Waals surface area (Å²) in [5, 5.41) is 9.47. The fraction of sp³-hybridized carbons (Fsp3) is 0.538. The molecular weight excluding hydrogens is 204 g/mol. The van der Waals surface area contributed by atoms with Gasteiger partial charge in [-0.2, -0.15) is 0 Å². The van der Waals surface area contributed by atoms with E-state index in [2.05, 4.69) is 0 Å². The van der Waals surface area contributed by atoms with Crippen LogP contribution in [0.1, 0.15) is 25.7 Å². The van der Waals surface area contributed by atoms with Crippen LogP contribution < -0.4 is 4.74 Å². The zero-order valence-electron chi connectivity index (χ0n) is 9.39. The van der Waals surface area contributed by atoms with Crippen LogP contribution in [0.3, 0.4) is 0 Å². The predicted octanol–water partition coefficient (Wildman–Crippen LogP) is 2.73. The second-order valence-electron chi connectivity index (χ2n) is 4.09. The third-order valence-electron chi connectivity index (χ3n) is 2.82. The Kier molecular flexibility index (Phi) is 4.05. The van der Waals surface area contributed by atoms with E-state index in [1.807, 2.05) is 6.07 Å². The predicted molar refractivity (Wildman–Crippen MR) is 61.8 cm³/mol. The van der Waals surface area contributed by atoms with Crippen molar-refractivity contribution in [3.8, 4) is 11.5 Å². The number of ether oxygens (including phenoxy) is 2. The van der Waals surface area contributed by atoms with Gasteiger partial charge < -0.3 is 14.6 Å². The molecule has 1 saturated heterocycles. The minimum atomic E-state index is 0.208. The molecule has 0 aliphatic carbocycles. The minimum Gasteiger partial charge on any atom is -0.504 e. The van der Waals surface area contributed by atoms with E-state index in [9.17, 15) is 5.11 Å². The summed E-state index contributed by atoms with van der Waals surface area (Å²) in [5.74, 6) is 0.773. The van der Waals surface area contributed by atoms with Crippen molar-refractivity contribution in [1.29, 1.82) is 0 Å². The molecule has 1 aromatic rings. The lowest BCUT2D eigenvalue weighted by Gasteiger charge is -2.10. The van der Waals surface area contributed by atoms with Crippen molar-refractivity contribution in [2.45, 2.75) is 31.8 Å². The smallest absolute Gasteiger partial charge is 0.160 e. The molecule has 0 bridgehead atoms. The number of aromatic hydroxyl groups is 1. The van der Waals surface area contributed by atoms with E-state index in [0.29, 0.717) is 18.5 Å². The van der Waals surface area contributed by atoms with Crippen molar-refractivity contribution in [3.63, 3.8) is 0 Å². The Morgan fingerprint density at radius 2 is 2.25 bits per heavy atom. The van der Waals surface area contributed by atoms with Gasteiger partial charge in [-0.05, 0) is 37.8 Å². The topological polar surface area (TPSA) is 38.7 Å². The van der Waals surface area contributed by atoms with E-state index in [4.69, 9.17) is 9.47 Å². The molecule has 1 aliphatic rings. The highest BCUT2D eigenvalue weighted by Gasteiger charge is 2.14. The number of phenols is 1. The highest BCUT2D eigenvalue weighted by atomic mass is 16.5. The van der Waals surface area contributed by atoms with Crippen molar-refractivity contribution in [1.82, 2.24) is 0 Å². The maximum Gasteiger partial charge on any atom is 0.160 e. The molecule has 1 fully saturated rings. The maximum absolute atomic E-state index is 9.47. The summed E-state index contributed by atoms with van der Waals surface area (Å²) in [7, 11) is 0. The van der Waals surface area contributed by atoms with E-state index in [0.717, 1.165) is 19.4 Å².